The summed E-state index contributed by atoms with van der Waals surface area (Å²) in [6.45, 7) is 6.61. The van der Waals surface area contributed by atoms with E-state index in [4.69, 9.17) is 4.74 Å². The molecule has 2 aliphatic rings. The van der Waals surface area contributed by atoms with Crippen LogP contribution < -0.4 is 5.32 Å². The Morgan fingerprint density at radius 3 is 2.83 bits per heavy atom. The molecule has 0 aromatic rings. The molecule has 2 fully saturated rings. The molecule has 2 rings (SSSR count). The van der Waals surface area contributed by atoms with Gasteiger partial charge in [-0.1, -0.05) is 0 Å². The Morgan fingerprint density at radius 1 is 1.39 bits per heavy atom. The van der Waals surface area contributed by atoms with E-state index >= 15 is 0 Å². The van der Waals surface area contributed by atoms with Crippen LogP contribution in [0, 0.1) is 5.92 Å². The van der Waals surface area contributed by atoms with Crippen LogP contribution in [0.15, 0.2) is 0 Å². The van der Waals surface area contributed by atoms with Crippen molar-refractivity contribution < 1.29 is 9.53 Å². The molecule has 2 heterocycles. The zero-order chi connectivity index (χ0) is 12.1. The van der Waals surface area contributed by atoms with E-state index in [-0.39, 0.29) is 18.5 Å². The summed E-state index contributed by atoms with van der Waals surface area (Å²) in [5, 5.41) is 3.34. The van der Waals surface area contributed by atoms with Crippen molar-refractivity contribution in [1.82, 2.24) is 10.2 Å². The Kier molecular flexibility index (Phi) is 6.97. The lowest BCUT2D eigenvalue weighted by molar-refractivity contribution is -0.133. The van der Waals surface area contributed by atoms with E-state index in [1.54, 1.807) is 0 Å². The molecular weight excluding hydrogens is 252 g/mol. The molecule has 0 aliphatic carbocycles. The van der Waals surface area contributed by atoms with Gasteiger partial charge in [-0.05, 0) is 45.2 Å². The summed E-state index contributed by atoms with van der Waals surface area (Å²) in [7, 11) is 0. The second-order valence-electron chi connectivity index (χ2n) is 5.27. The van der Waals surface area contributed by atoms with E-state index < -0.39 is 0 Å². The van der Waals surface area contributed by atoms with Crippen molar-refractivity contribution in [1.29, 1.82) is 0 Å². The molecule has 0 radical (unpaired) electrons. The number of halogens is 1. The van der Waals surface area contributed by atoms with Crippen molar-refractivity contribution in [3.63, 3.8) is 0 Å². The molecule has 1 atom stereocenters. The number of piperidine rings is 1. The fourth-order valence-corrected chi connectivity index (χ4v) is 2.68. The number of carbonyl (C=O) groups is 1. The van der Waals surface area contributed by atoms with Gasteiger partial charge in [0.25, 0.3) is 0 Å². The van der Waals surface area contributed by atoms with Crippen LogP contribution in [0.1, 0.15) is 32.6 Å². The van der Waals surface area contributed by atoms with Crippen molar-refractivity contribution >= 4 is 18.3 Å². The van der Waals surface area contributed by atoms with Crippen molar-refractivity contribution in [3.05, 3.63) is 0 Å². The van der Waals surface area contributed by atoms with E-state index in [2.05, 4.69) is 12.2 Å². The maximum atomic E-state index is 12.2. The maximum absolute atomic E-state index is 12.2. The molecule has 0 spiro atoms. The molecule has 18 heavy (non-hydrogen) atoms. The maximum Gasteiger partial charge on any atom is 0.222 e. The Labute approximate surface area is 116 Å². The second kappa shape index (κ2) is 7.97. The average molecular weight is 277 g/mol. The number of ether oxygens (including phenoxy) is 1. The third-order valence-electron chi connectivity index (χ3n) is 3.73. The topological polar surface area (TPSA) is 41.6 Å². The van der Waals surface area contributed by atoms with Gasteiger partial charge in [0.05, 0.1) is 6.10 Å². The van der Waals surface area contributed by atoms with Gasteiger partial charge in [-0.3, -0.25) is 4.79 Å². The van der Waals surface area contributed by atoms with Crippen molar-refractivity contribution in [2.75, 3.05) is 32.8 Å². The third kappa shape index (κ3) is 4.75. The molecule has 1 unspecified atom stereocenters. The van der Waals surface area contributed by atoms with Gasteiger partial charge >= 0.3 is 0 Å². The minimum Gasteiger partial charge on any atom is -0.377 e. The standard InChI is InChI=1S/C13H24N2O2.ClH/c1-11-10-15(7-2-8-17-11)13(16)9-12-3-5-14-6-4-12;/h11-12,14H,2-10H2,1H3;1H. The Bertz CT molecular complexity index is 257. The van der Waals surface area contributed by atoms with Gasteiger partial charge < -0.3 is 15.0 Å². The number of hydrogen-bond acceptors (Lipinski definition) is 3. The van der Waals surface area contributed by atoms with Gasteiger partial charge in [0.1, 0.15) is 0 Å². The first-order chi connectivity index (χ1) is 8.25. The minimum atomic E-state index is 0. The summed E-state index contributed by atoms with van der Waals surface area (Å²) in [5.41, 5.74) is 0. The summed E-state index contributed by atoms with van der Waals surface area (Å²) in [5.74, 6) is 0.914. The lowest BCUT2D eigenvalue weighted by atomic mass is 9.94. The van der Waals surface area contributed by atoms with Crippen LogP contribution in [-0.4, -0.2) is 49.7 Å². The monoisotopic (exact) mass is 276 g/mol. The second-order valence-corrected chi connectivity index (χ2v) is 5.27. The van der Waals surface area contributed by atoms with Gasteiger partial charge in [0, 0.05) is 26.1 Å². The Hall–Kier alpha value is -0.320. The molecule has 1 N–H and O–H groups in total. The van der Waals surface area contributed by atoms with Crippen molar-refractivity contribution in [2.24, 2.45) is 5.92 Å². The van der Waals surface area contributed by atoms with Crippen LogP contribution in [0.2, 0.25) is 0 Å². The highest BCUT2D eigenvalue weighted by molar-refractivity contribution is 5.85. The molecule has 0 aromatic heterocycles. The van der Waals surface area contributed by atoms with Gasteiger partial charge in [0.15, 0.2) is 0 Å². The summed E-state index contributed by atoms with van der Waals surface area (Å²) in [6, 6.07) is 0. The predicted octanol–water partition coefficient (Wildman–Crippen LogP) is 1.44. The molecular formula is C13H25ClN2O2. The van der Waals surface area contributed by atoms with Gasteiger partial charge in [-0.25, -0.2) is 0 Å². The predicted molar refractivity (Wildman–Crippen MR) is 74.1 cm³/mol. The van der Waals surface area contributed by atoms with Gasteiger partial charge in [-0.2, -0.15) is 0 Å². The van der Waals surface area contributed by atoms with Crippen LogP contribution in [0.3, 0.4) is 0 Å². The SMILES string of the molecule is CC1CN(C(=O)CC2CCNCC2)CCCO1.Cl. The first-order valence-electron chi connectivity index (χ1n) is 6.86. The molecule has 4 nitrogen and oxygen atoms in total. The summed E-state index contributed by atoms with van der Waals surface area (Å²) >= 11 is 0. The smallest absolute Gasteiger partial charge is 0.222 e. The fourth-order valence-electron chi connectivity index (χ4n) is 2.68. The number of carbonyl (C=O) groups excluding carboxylic acids is 1. The molecule has 1 amide bonds. The van der Waals surface area contributed by atoms with Gasteiger partial charge in [-0.15, -0.1) is 12.4 Å². The quantitative estimate of drug-likeness (QED) is 0.830. The summed E-state index contributed by atoms with van der Waals surface area (Å²) < 4.78 is 5.57. The Balaban J connectivity index is 0.00000162. The third-order valence-corrected chi connectivity index (χ3v) is 3.73. The molecule has 5 heteroatoms. The van der Waals surface area contributed by atoms with Crippen LogP contribution in [0.5, 0.6) is 0 Å². The number of nitrogens with zero attached hydrogens (tertiary/aromatic N) is 1. The Morgan fingerprint density at radius 2 is 2.11 bits per heavy atom. The zero-order valence-electron chi connectivity index (χ0n) is 11.2. The summed E-state index contributed by atoms with van der Waals surface area (Å²) in [6.07, 6.45) is 4.18. The lowest BCUT2D eigenvalue weighted by Gasteiger charge is -2.27. The largest absolute Gasteiger partial charge is 0.377 e. The van der Waals surface area contributed by atoms with Crippen molar-refractivity contribution in [3.8, 4) is 0 Å². The molecule has 2 aliphatic heterocycles. The van der Waals surface area contributed by atoms with Crippen LogP contribution in [0.25, 0.3) is 0 Å². The number of rotatable bonds is 2. The molecule has 106 valence electrons. The number of amides is 1. The first-order valence-corrected chi connectivity index (χ1v) is 6.86. The van der Waals surface area contributed by atoms with Crippen LogP contribution in [0.4, 0.5) is 0 Å². The minimum absolute atomic E-state index is 0. The normalized spacial score (nSPS) is 26.3. The fraction of sp³-hybridized carbons (Fsp3) is 0.923. The van der Waals surface area contributed by atoms with Crippen molar-refractivity contribution in [2.45, 2.75) is 38.7 Å². The number of hydrogen-bond donors (Lipinski definition) is 1. The highest BCUT2D eigenvalue weighted by Crippen LogP contribution is 2.18. The molecule has 0 bridgehead atoms. The highest BCUT2D eigenvalue weighted by Gasteiger charge is 2.23. The first kappa shape index (κ1) is 15.7. The van der Waals surface area contributed by atoms with Gasteiger partial charge in [0.2, 0.25) is 5.91 Å². The van der Waals surface area contributed by atoms with E-state index in [0.29, 0.717) is 11.8 Å². The van der Waals surface area contributed by atoms with E-state index in [9.17, 15) is 4.79 Å². The molecule has 0 aromatic carbocycles. The average Bonchev–Trinajstić information content (AvgIpc) is 2.55. The number of nitrogens with one attached hydrogen (secondary N) is 1. The van der Waals surface area contributed by atoms with E-state index in [1.807, 2.05) is 4.90 Å². The van der Waals surface area contributed by atoms with E-state index in [0.717, 1.165) is 58.5 Å². The van der Waals surface area contributed by atoms with E-state index in [1.165, 1.54) is 0 Å². The lowest BCUT2D eigenvalue weighted by Crippen LogP contribution is -2.38. The molecule has 0 saturated carbocycles. The molecule has 2 saturated heterocycles. The van der Waals surface area contributed by atoms with Crippen LogP contribution in [-0.2, 0) is 9.53 Å². The highest BCUT2D eigenvalue weighted by atomic mass is 35.5. The van der Waals surface area contributed by atoms with Crippen LogP contribution >= 0.6 is 12.4 Å². The zero-order valence-corrected chi connectivity index (χ0v) is 12.0. The summed E-state index contributed by atoms with van der Waals surface area (Å²) in [4.78, 5) is 14.2.